The number of carbonyl (C=O) groups is 2. The van der Waals surface area contributed by atoms with Crippen LogP contribution in [0.2, 0.25) is 0 Å². The molecule has 0 unspecified atom stereocenters. The molecule has 0 radical (unpaired) electrons. The van der Waals surface area contributed by atoms with E-state index in [4.69, 9.17) is 0 Å². The topological polar surface area (TPSA) is 95.6 Å². The first-order valence-corrected chi connectivity index (χ1v) is 11.2. The monoisotopic (exact) mass is 431 g/mol. The van der Waals surface area contributed by atoms with Gasteiger partial charge in [0.25, 0.3) is 5.91 Å². The molecule has 0 aliphatic heterocycles. The molecule has 2 aromatic rings. The summed E-state index contributed by atoms with van der Waals surface area (Å²) in [5.74, 6) is -0.794. The zero-order valence-corrected chi connectivity index (χ0v) is 18.7. The third-order valence-corrected chi connectivity index (χ3v) is 6.54. The molecule has 7 nitrogen and oxygen atoms in total. The Labute approximate surface area is 178 Å². The zero-order chi connectivity index (χ0) is 22.3. The van der Waals surface area contributed by atoms with Gasteiger partial charge in [-0.3, -0.25) is 9.59 Å². The first-order chi connectivity index (χ1) is 14.1. The molecule has 162 valence electrons. The van der Waals surface area contributed by atoms with E-state index in [1.807, 2.05) is 0 Å². The Morgan fingerprint density at radius 3 is 2.40 bits per heavy atom. The van der Waals surface area contributed by atoms with E-state index in [2.05, 4.69) is 42.7 Å². The van der Waals surface area contributed by atoms with Crippen LogP contribution in [0.5, 0.6) is 0 Å². The molecule has 0 bridgehead atoms. The van der Waals surface area contributed by atoms with Gasteiger partial charge in [-0.25, -0.2) is 12.7 Å². The Kier molecular flexibility index (Phi) is 8.14. The second-order valence-corrected chi connectivity index (χ2v) is 9.53. The lowest BCUT2D eigenvalue weighted by Gasteiger charge is -2.12. The van der Waals surface area contributed by atoms with Crippen molar-refractivity contribution in [2.24, 2.45) is 0 Å². The molecular weight excluding hydrogens is 402 g/mol. The highest BCUT2D eigenvalue weighted by Gasteiger charge is 2.18. The number of hydrogen-bond acceptors (Lipinski definition) is 4. The summed E-state index contributed by atoms with van der Waals surface area (Å²) in [6, 6.07) is 12.1. The average molecular weight is 432 g/mol. The minimum absolute atomic E-state index is 0.0241. The molecule has 2 amide bonds. The fraction of sp³-hybridized carbons (Fsp3) is 0.364. The van der Waals surface area contributed by atoms with Crippen LogP contribution in [-0.2, 0) is 21.2 Å². The highest BCUT2D eigenvalue weighted by molar-refractivity contribution is 7.89. The summed E-state index contributed by atoms with van der Waals surface area (Å²) in [5.41, 5.74) is 3.91. The number of aryl methyl sites for hydroxylation is 3. The van der Waals surface area contributed by atoms with Crippen molar-refractivity contribution in [2.75, 3.05) is 27.2 Å². The number of benzene rings is 2. The molecule has 0 aromatic heterocycles. The highest BCUT2D eigenvalue weighted by atomic mass is 32.2. The molecule has 2 rings (SSSR count). The quantitative estimate of drug-likeness (QED) is 0.594. The minimum atomic E-state index is -3.63. The number of hydrogen-bond donors (Lipinski definition) is 2. The maximum absolute atomic E-state index is 12.3. The molecule has 8 heteroatoms. The van der Waals surface area contributed by atoms with Crippen LogP contribution in [0.25, 0.3) is 0 Å². The van der Waals surface area contributed by atoms with Gasteiger partial charge in [0.2, 0.25) is 15.9 Å². The number of amides is 2. The maximum atomic E-state index is 12.3. The summed E-state index contributed by atoms with van der Waals surface area (Å²) >= 11 is 0. The summed E-state index contributed by atoms with van der Waals surface area (Å²) in [5, 5.41) is 5.31. The van der Waals surface area contributed by atoms with Crippen molar-refractivity contribution in [3.05, 3.63) is 64.7 Å². The predicted molar refractivity (Wildman–Crippen MR) is 117 cm³/mol. The third kappa shape index (κ3) is 6.40. The molecular formula is C22H29N3O4S. The van der Waals surface area contributed by atoms with Crippen LogP contribution in [0.15, 0.2) is 47.4 Å². The number of carbonyl (C=O) groups excluding carboxylic acids is 2. The SMILES string of the molecule is Cc1ccc(CCCNC(=O)CNC(=O)c2cccc(S(=O)(=O)N(C)C)c2)c(C)c1. The smallest absolute Gasteiger partial charge is 0.251 e. The molecule has 0 spiro atoms. The van der Waals surface area contributed by atoms with Crippen LogP contribution in [0.1, 0.15) is 33.5 Å². The van der Waals surface area contributed by atoms with Gasteiger partial charge < -0.3 is 10.6 Å². The largest absolute Gasteiger partial charge is 0.355 e. The molecule has 0 aliphatic carbocycles. The third-order valence-electron chi connectivity index (χ3n) is 4.73. The predicted octanol–water partition coefficient (Wildman–Crippen LogP) is 2.03. The summed E-state index contributed by atoms with van der Waals surface area (Å²) < 4.78 is 25.5. The molecule has 0 fully saturated rings. The van der Waals surface area contributed by atoms with E-state index < -0.39 is 15.9 Å². The summed E-state index contributed by atoms with van der Waals surface area (Å²) in [6.07, 6.45) is 1.67. The highest BCUT2D eigenvalue weighted by Crippen LogP contribution is 2.15. The van der Waals surface area contributed by atoms with Gasteiger partial charge in [-0.05, 0) is 56.0 Å². The molecule has 2 N–H and O–H groups in total. The summed E-state index contributed by atoms with van der Waals surface area (Å²) in [7, 11) is -0.787. The summed E-state index contributed by atoms with van der Waals surface area (Å²) in [6.45, 7) is 4.48. The van der Waals surface area contributed by atoms with Crippen molar-refractivity contribution < 1.29 is 18.0 Å². The fourth-order valence-electron chi connectivity index (χ4n) is 2.97. The molecule has 0 saturated heterocycles. The molecule has 2 aromatic carbocycles. The van der Waals surface area contributed by atoms with E-state index in [0.717, 1.165) is 17.1 Å². The van der Waals surface area contributed by atoms with Gasteiger partial charge in [0, 0.05) is 26.2 Å². The van der Waals surface area contributed by atoms with E-state index in [1.165, 1.54) is 55.1 Å². The van der Waals surface area contributed by atoms with E-state index in [9.17, 15) is 18.0 Å². The lowest BCUT2D eigenvalue weighted by Crippen LogP contribution is -2.37. The molecule has 0 heterocycles. The molecule has 0 saturated carbocycles. The Hall–Kier alpha value is -2.71. The Morgan fingerprint density at radius 1 is 1.00 bits per heavy atom. The van der Waals surface area contributed by atoms with Crippen molar-refractivity contribution in [3.63, 3.8) is 0 Å². The molecule has 0 atom stereocenters. The van der Waals surface area contributed by atoms with Gasteiger partial charge in [0.1, 0.15) is 0 Å². The van der Waals surface area contributed by atoms with Gasteiger partial charge >= 0.3 is 0 Å². The molecule has 30 heavy (non-hydrogen) atoms. The first kappa shape index (κ1) is 23.6. The second-order valence-electron chi connectivity index (χ2n) is 7.38. The van der Waals surface area contributed by atoms with E-state index in [0.29, 0.717) is 6.54 Å². The first-order valence-electron chi connectivity index (χ1n) is 9.75. The van der Waals surface area contributed by atoms with Crippen LogP contribution in [0, 0.1) is 13.8 Å². The van der Waals surface area contributed by atoms with E-state index >= 15 is 0 Å². The number of sulfonamides is 1. The van der Waals surface area contributed by atoms with Crippen molar-refractivity contribution in [2.45, 2.75) is 31.6 Å². The fourth-order valence-corrected chi connectivity index (χ4v) is 3.91. The number of nitrogens with one attached hydrogen (secondary N) is 2. The lowest BCUT2D eigenvalue weighted by molar-refractivity contribution is -0.120. The van der Waals surface area contributed by atoms with Crippen LogP contribution in [-0.4, -0.2) is 51.7 Å². The van der Waals surface area contributed by atoms with Crippen LogP contribution in [0.3, 0.4) is 0 Å². The van der Waals surface area contributed by atoms with Gasteiger partial charge in [-0.2, -0.15) is 0 Å². The van der Waals surface area contributed by atoms with Gasteiger partial charge in [0.15, 0.2) is 0 Å². The summed E-state index contributed by atoms with van der Waals surface area (Å²) in [4.78, 5) is 24.3. The van der Waals surface area contributed by atoms with Crippen molar-refractivity contribution in [3.8, 4) is 0 Å². The van der Waals surface area contributed by atoms with Crippen molar-refractivity contribution in [1.29, 1.82) is 0 Å². The standard InChI is InChI=1S/C22H29N3O4S/c1-16-10-11-18(17(2)13-16)8-6-12-23-21(26)15-24-22(27)19-7-5-9-20(14-19)30(28,29)25(3)4/h5,7,9-11,13-14H,6,8,12,15H2,1-4H3,(H,23,26)(H,24,27). The van der Waals surface area contributed by atoms with Gasteiger partial charge in [0.05, 0.1) is 11.4 Å². The van der Waals surface area contributed by atoms with E-state index in [-0.39, 0.29) is 22.9 Å². The number of rotatable bonds is 9. The lowest BCUT2D eigenvalue weighted by atomic mass is 10.0. The van der Waals surface area contributed by atoms with Crippen molar-refractivity contribution >= 4 is 21.8 Å². The Balaban J connectivity index is 1.80. The Morgan fingerprint density at radius 2 is 1.73 bits per heavy atom. The van der Waals surface area contributed by atoms with Gasteiger partial charge in [-0.15, -0.1) is 0 Å². The van der Waals surface area contributed by atoms with Crippen LogP contribution < -0.4 is 10.6 Å². The van der Waals surface area contributed by atoms with E-state index in [1.54, 1.807) is 0 Å². The zero-order valence-electron chi connectivity index (χ0n) is 17.9. The second kappa shape index (κ2) is 10.4. The van der Waals surface area contributed by atoms with Crippen molar-refractivity contribution in [1.82, 2.24) is 14.9 Å². The minimum Gasteiger partial charge on any atom is -0.355 e. The van der Waals surface area contributed by atoms with Crippen LogP contribution >= 0.6 is 0 Å². The molecule has 0 aliphatic rings. The normalized spacial score (nSPS) is 11.4. The Bertz CT molecular complexity index is 1020. The van der Waals surface area contributed by atoms with Gasteiger partial charge in [-0.1, -0.05) is 29.8 Å². The van der Waals surface area contributed by atoms with Crippen LogP contribution in [0.4, 0.5) is 0 Å². The maximum Gasteiger partial charge on any atom is 0.251 e. The number of nitrogens with zero attached hydrogens (tertiary/aromatic N) is 1. The average Bonchev–Trinajstić information content (AvgIpc) is 2.70.